The largest absolute Gasteiger partial charge is 0.371 e. The van der Waals surface area contributed by atoms with Crippen LogP contribution in [0.1, 0.15) is 39.0 Å². The molecule has 0 radical (unpaired) electrons. The van der Waals surface area contributed by atoms with Gasteiger partial charge in [-0.1, -0.05) is 0 Å². The van der Waals surface area contributed by atoms with Gasteiger partial charge in [-0.15, -0.1) is 0 Å². The Morgan fingerprint density at radius 2 is 2.18 bits per heavy atom. The number of hydrogen-bond acceptors (Lipinski definition) is 3. The average Bonchev–Trinajstić information content (AvgIpc) is 3.13. The molecule has 2 fully saturated rings. The topological polar surface area (TPSA) is 55.6 Å². The number of amides is 1. The number of carbonyl (C=O) groups excluding carboxylic acids is 1. The number of ether oxygens (including phenoxy) is 1. The molecule has 1 saturated heterocycles. The Morgan fingerprint density at radius 3 is 2.82 bits per heavy atom. The summed E-state index contributed by atoms with van der Waals surface area (Å²) in [5, 5.41) is 0. The minimum absolute atomic E-state index is 0.0580. The lowest BCUT2D eigenvalue weighted by atomic mass is 9.97. The monoisotopic (exact) mass is 240 g/mol. The molecule has 2 rings (SSSR count). The van der Waals surface area contributed by atoms with Crippen LogP contribution in [0.4, 0.5) is 0 Å². The van der Waals surface area contributed by atoms with Crippen LogP contribution in [-0.2, 0) is 9.53 Å². The van der Waals surface area contributed by atoms with Gasteiger partial charge in [-0.25, -0.2) is 0 Å². The van der Waals surface area contributed by atoms with Crippen molar-refractivity contribution >= 4 is 5.91 Å². The summed E-state index contributed by atoms with van der Waals surface area (Å²) in [6, 6.07) is 0.267. The van der Waals surface area contributed by atoms with Crippen LogP contribution < -0.4 is 5.73 Å². The zero-order valence-corrected chi connectivity index (χ0v) is 10.7. The lowest BCUT2D eigenvalue weighted by Crippen LogP contribution is -2.52. The summed E-state index contributed by atoms with van der Waals surface area (Å²) in [6.07, 6.45) is 5.84. The van der Waals surface area contributed by atoms with E-state index in [9.17, 15) is 4.79 Å². The van der Waals surface area contributed by atoms with E-state index in [-0.39, 0.29) is 24.6 Å². The van der Waals surface area contributed by atoms with Gasteiger partial charge in [0.05, 0.1) is 6.61 Å². The van der Waals surface area contributed by atoms with Crippen molar-refractivity contribution in [2.75, 3.05) is 19.8 Å². The van der Waals surface area contributed by atoms with Crippen LogP contribution >= 0.6 is 0 Å². The highest BCUT2D eigenvalue weighted by Gasteiger charge is 2.29. The Kier molecular flexibility index (Phi) is 4.40. The summed E-state index contributed by atoms with van der Waals surface area (Å²) < 4.78 is 5.47. The molecule has 2 atom stereocenters. The van der Waals surface area contributed by atoms with Gasteiger partial charge in [0.2, 0.25) is 5.91 Å². The van der Waals surface area contributed by atoms with Crippen LogP contribution in [0.2, 0.25) is 0 Å². The molecule has 1 amide bonds. The summed E-state index contributed by atoms with van der Waals surface area (Å²) in [5.41, 5.74) is 5.95. The Morgan fingerprint density at radius 1 is 1.41 bits per heavy atom. The molecule has 2 N–H and O–H groups in total. The predicted octanol–water partition coefficient (Wildman–Crippen LogP) is 1.14. The Labute approximate surface area is 103 Å². The molecule has 1 heterocycles. The van der Waals surface area contributed by atoms with E-state index in [1.54, 1.807) is 0 Å². The average molecular weight is 240 g/mol. The fourth-order valence-corrected chi connectivity index (χ4v) is 2.49. The molecule has 4 nitrogen and oxygen atoms in total. The molecule has 0 aromatic carbocycles. The second-order valence-corrected chi connectivity index (χ2v) is 5.47. The van der Waals surface area contributed by atoms with E-state index in [2.05, 4.69) is 0 Å². The summed E-state index contributed by atoms with van der Waals surface area (Å²) in [6.45, 7) is 3.82. The minimum Gasteiger partial charge on any atom is -0.371 e. The zero-order chi connectivity index (χ0) is 12.3. The van der Waals surface area contributed by atoms with Crippen molar-refractivity contribution in [3.63, 3.8) is 0 Å². The van der Waals surface area contributed by atoms with Gasteiger partial charge in [-0.2, -0.15) is 0 Å². The van der Waals surface area contributed by atoms with Crippen LogP contribution in [-0.4, -0.2) is 42.6 Å². The van der Waals surface area contributed by atoms with E-state index in [1.165, 1.54) is 19.3 Å². The molecule has 1 aliphatic carbocycles. The van der Waals surface area contributed by atoms with E-state index in [0.717, 1.165) is 26.0 Å². The summed E-state index contributed by atoms with van der Waals surface area (Å²) >= 11 is 0. The highest BCUT2D eigenvalue weighted by molar-refractivity contribution is 5.78. The fourth-order valence-electron chi connectivity index (χ4n) is 2.49. The molecule has 0 aromatic rings. The first-order valence-corrected chi connectivity index (χ1v) is 6.81. The highest BCUT2D eigenvalue weighted by Crippen LogP contribution is 2.28. The lowest BCUT2D eigenvalue weighted by Gasteiger charge is -2.38. The number of likely N-dealkylation sites (tertiary alicyclic amines) is 1. The molecule has 0 spiro atoms. The lowest BCUT2D eigenvalue weighted by molar-refractivity contribution is -0.140. The van der Waals surface area contributed by atoms with Gasteiger partial charge < -0.3 is 15.4 Å². The Bertz CT molecular complexity index is 264. The summed E-state index contributed by atoms with van der Waals surface area (Å²) in [7, 11) is 0. The predicted molar refractivity (Wildman–Crippen MR) is 66.5 cm³/mol. The van der Waals surface area contributed by atoms with Crippen molar-refractivity contribution in [2.24, 2.45) is 11.7 Å². The first-order chi connectivity index (χ1) is 8.18. The molecule has 0 aromatic heterocycles. The van der Waals surface area contributed by atoms with E-state index in [0.29, 0.717) is 5.92 Å². The third-order valence-corrected chi connectivity index (χ3v) is 3.75. The second kappa shape index (κ2) is 5.83. The number of nitrogens with zero attached hydrogens (tertiary/aromatic N) is 1. The minimum atomic E-state index is 0.0580. The summed E-state index contributed by atoms with van der Waals surface area (Å²) in [5.74, 6) is 0.834. The Balaban J connectivity index is 1.77. The van der Waals surface area contributed by atoms with Crippen molar-refractivity contribution in [3.05, 3.63) is 0 Å². The number of nitrogens with two attached hydrogens (primary N) is 1. The Hall–Kier alpha value is -0.610. The van der Waals surface area contributed by atoms with Crippen LogP contribution in [0.25, 0.3) is 0 Å². The smallest absolute Gasteiger partial charge is 0.248 e. The van der Waals surface area contributed by atoms with Gasteiger partial charge in [-0.3, -0.25) is 4.79 Å². The maximum Gasteiger partial charge on any atom is 0.248 e. The third-order valence-electron chi connectivity index (χ3n) is 3.75. The van der Waals surface area contributed by atoms with Gasteiger partial charge >= 0.3 is 0 Å². The van der Waals surface area contributed by atoms with Gasteiger partial charge in [0.25, 0.3) is 0 Å². The molecule has 0 bridgehead atoms. The van der Waals surface area contributed by atoms with Crippen molar-refractivity contribution in [3.8, 4) is 0 Å². The van der Waals surface area contributed by atoms with Crippen LogP contribution in [0.3, 0.4) is 0 Å². The quantitative estimate of drug-likeness (QED) is 0.784. The third kappa shape index (κ3) is 3.68. The van der Waals surface area contributed by atoms with Crippen LogP contribution in [0, 0.1) is 5.92 Å². The van der Waals surface area contributed by atoms with Gasteiger partial charge in [0.1, 0.15) is 6.61 Å². The van der Waals surface area contributed by atoms with E-state index in [1.807, 2.05) is 11.8 Å². The molecule has 1 saturated carbocycles. The highest BCUT2D eigenvalue weighted by atomic mass is 16.5. The summed E-state index contributed by atoms with van der Waals surface area (Å²) in [4.78, 5) is 14.0. The van der Waals surface area contributed by atoms with Crippen molar-refractivity contribution in [1.29, 1.82) is 0 Å². The van der Waals surface area contributed by atoms with Gasteiger partial charge in [0.15, 0.2) is 0 Å². The molecule has 4 heteroatoms. The molecular weight excluding hydrogens is 216 g/mol. The van der Waals surface area contributed by atoms with E-state index >= 15 is 0 Å². The first kappa shape index (κ1) is 12.8. The molecule has 17 heavy (non-hydrogen) atoms. The maximum absolute atomic E-state index is 12.1. The number of piperidine rings is 1. The van der Waals surface area contributed by atoms with Gasteiger partial charge in [-0.05, 0) is 44.9 Å². The van der Waals surface area contributed by atoms with E-state index < -0.39 is 0 Å². The van der Waals surface area contributed by atoms with Gasteiger partial charge in [0, 0.05) is 18.6 Å². The van der Waals surface area contributed by atoms with Crippen LogP contribution in [0.15, 0.2) is 0 Å². The molecule has 98 valence electrons. The normalized spacial score (nSPS) is 26.9. The first-order valence-electron chi connectivity index (χ1n) is 6.81. The molecule has 2 aliphatic rings. The fraction of sp³-hybridized carbons (Fsp3) is 0.923. The zero-order valence-electron chi connectivity index (χ0n) is 10.7. The van der Waals surface area contributed by atoms with E-state index in [4.69, 9.17) is 10.5 Å². The number of hydrogen-bond donors (Lipinski definition) is 1. The maximum atomic E-state index is 12.1. The van der Waals surface area contributed by atoms with Crippen molar-refractivity contribution in [2.45, 2.75) is 51.1 Å². The van der Waals surface area contributed by atoms with Crippen LogP contribution in [0.5, 0.6) is 0 Å². The van der Waals surface area contributed by atoms with Crippen molar-refractivity contribution < 1.29 is 9.53 Å². The second-order valence-electron chi connectivity index (χ2n) is 5.47. The van der Waals surface area contributed by atoms with Crippen molar-refractivity contribution in [1.82, 2.24) is 4.90 Å². The molecule has 2 unspecified atom stereocenters. The number of rotatable bonds is 5. The SMILES string of the molecule is CC(N)C1CCCCN1C(=O)COCC1CC1. The molecule has 1 aliphatic heterocycles. The number of carbonyl (C=O) groups is 1. The standard InChI is InChI=1S/C13H24N2O2/c1-10(14)12-4-2-3-7-15(12)13(16)9-17-8-11-5-6-11/h10-12H,2-9,14H2,1H3. The molecular formula is C13H24N2O2.